The molecule has 0 aliphatic carbocycles. The lowest BCUT2D eigenvalue weighted by atomic mass is 10.4. The van der Waals surface area contributed by atoms with Gasteiger partial charge in [-0.1, -0.05) is 58.4 Å². The van der Waals surface area contributed by atoms with E-state index in [1.54, 1.807) is 0 Å². The SMILES string of the molecule is C=CC(C)[Si](CC)(CCC)C(C)C=C. The van der Waals surface area contributed by atoms with E-state index in [9.17, 15) is 0 Å². The summed E-state index contributed by atoms with van der Waals surface area (Å²) in [5.41, 5.74) is 1.42. The number of hydrogen-bond acceptors (Lipinski definition) is 0. The molecule has 0 aromatic rings. The molecule has 0 spiro atoms. The highest BCUT2D eigenvalue weighted by molar-refractivity contribution is 6.83. The Morgan fingerprint density at radius 2 is 1.50 bits per heavy atom. The standard InChI is InChI=1S/C13H26Si/c1-7-11-14(10-4,12(5)8-2)13(6)9-3/h8-9,12-13H,2-3,7,10-11H2,1,4-6H3. The van der Waals surface area contributed by atoms with Crippen LogP contribution in [0.25, 0.3) is 0 Å². The van der Waals surface area contributed by atoms with Crippen LogP contribution in [0.3, 0.4) is 0 Å². The summed E-state index contributed by atoms with van der Waals surface area (Å²) in [5.74, 6) is 0. The minimum absolute atomic E-state index is 0.709. The van der Waals surface area contributed by atoms with Crippen molar-refractivity contribution in [1.82, 2.24) is 0 Å². The summed E-state index contributed by atoms with van der Waals surface area (Å²) in [6.07, 6.45) is 5.62. The first kappa shape index (κ1) is 13.7. The van der Waals surface area contributed by atoms with Crippen LogP contribution in [0.2, 0.25) is 23.2 Å². The van der Waals surface area contributed by atoms with E-state index in [0.717, 1.165) is 0 Å². The molecule has 0 aromatic heterocycles. The molecule has 0 amide bonds. The van der Waals surface area contributed by atoms with Gasteiger partial charge >= 0.3 is 0 Å². The van der Waals surface area contributed by atoms with Crippen molar-refractivity contribution in [1.29, 1.82) is 0 Å². The van der Waals surface area contributed by atoms with Crippen molar-refractivity contribution in [2.75, 3.05) is 0 Å². The Balaban J connectivity index is 4.94. The molecular weight excluding hydrogens is 184 g/mol. The van der Waals surface area contributed by atoms with E-state index in [1.165, 1.54) is 18.5 Å². The van der Waals surface area contributed by atoms with Crippen molar-refractivity contribution < 1.29 is 0 Å². The minimum Gasteiger partial charge on any atom is -0.103 e. The predicted octanol–water partition coefficient (Wildman–Crippen LogP) is 5.02. The van der Waals surface area contributed by atoms with Crippen LogP contribution in [0.5, 0.6) is 0 Å². The van der Waals surface area contributed by atoms with Crippen LogP contribution in [-0.2, 0) is 0 Å². The van der Waals surface area contributed by atoms with E-state index >= 15 is 0 Å². The summed E-state index contributed by atoms with van der Waals surface area (Å²) < 4.78 is 0. The van der Waals surface area contributed by atoms with Crippen LogP contribution in [0, 0.1) is 0 Å². The first-order valence-electron chi connectivity index (χ1n) is 5.84. The quantitative estimate of drug-likeness (QED) is 0.409. The second kappa shape index (κ2) is 6.23. The van der Waals surface area contributed by atoms with Gasteiger partial charge in [0.15, 0.2) is 0 Å². The Morgan fingerprint density at radius 3 is 1.71 bits per heavy atom. The summed E-state index contributed by atoms with van der Waals surface area (Å²) in [7, 11) is -1.21. The highest BCUT2D eigenvalue weighted by Gasteiger charge is 2.38. The van der Waals surface area contributed by atoms with Gasteiger partial charge < -0.3 is 0 Å². The Labute approximate surface area is 91.1 Å². The number of allylic oxidation sites excluding steroid dienone is 2. The Bertz CT molecular complexity index is 170. The van der Waals surface area contributed by atoms with E-state index in [4.69, 9.17) is 0 Å². The Kier molecular flexibility index (Phi) is 6.10. The smallest absolute Gasteiger partial charge is 0.0664 e. The monoisotopic (exact) mass is 210 g/mol. The average molecular weight is 210 g/mol. The molecule has 0 saturated heterocycles. The summed E-state index contributed by atoms with van der Waals surface area (Å²) in [6.45, 7) is 17.3. The van der Waals surface area contributed by atoms with Gasteiger partial charge in [-0.25, -0.2) is 0 Å². The fraction of sp³-hybridized carbons (Fsp3) is 0.692. The van der Waals surface area contributed by atoms with Crippen molar-refractivity contribution in [3.63, 3.8) is 0 Å². The maximum Gasteiger partial charge on any atom is 0.0664 e. The third-order valence-corrected chi connectivity index (χ3v) is 10.7. The van der Waals surface area contributed by atoms with Gasteiger partial charge in [0.25, 0.3) is 0 Å². The Morgan fingerprint density at radius 1 is 1.07 bits per heavy atom. The fourth-order valence-electron chi connectivity index (χ4n) is 2.63. The van der Waals surface area contributed by atoms with Crippen molar-refractivity contribution >= 4 is 8.07 Å². The molecule has 0 heterocycles. The Hall–Kier alpha value is -0.303. The zero-order valence-electron chi connectivity index (χ0n) is 10.3. The van der Waals surface area contributed by atoms with E-state index in [2.05, 4.69) is 53.0 Å². The highest BCUT2D eigenvalue weighted by Crippen LogP contribution is 2.41. The van der Waals surface area contributed by atoms with Gasteiger partial charge in [0.05, 0.1) is 8.07 Å². The number of rotatable bonds is 7. The van der Waals surface area contributed by atoms with Crippen molar-refractivity contribution in [3.8, 4) is 0 Å². The molecule has 2 unspecified atom stereocenters. The normalized spacial score (nSPS) is 19.4. The van der Waals surface area contributed by atoms with Crippen LogP contribution in [0.15, 0.2) is 25.3 Å². The largest absolute Gasteiger partial charge is 0.103 e. The third-order valence-electron chi connectivity index (χ3n) is 3.89. The molecule has 82 valence electrons. The molecule has 0 aromatic carbocycles. The fourth-order valence-corrected chi connectivity index (χ4v) is 7.88. The van der Waals surface area contributed by atoms with Gasteiger partial charge in [0, 0.05) is 0 Å². The predicted molar refractivity (Wildman–Crippen MR) is 70.6 cm³/mol. The van der Waals surface area contributed by atoms with Crippen LogP contribution < -0.4 is 0 Å². The first-order valence-corrected chi connectivity index (χ1v) is 8.41. The molecule has 0 bridgehead atoms. The van der Waals surface area contributed by atoms with Crippen LogP contribution in [0.4, 0.5) is 0 Å². The lowest BCUT2D eigenvalue weighted by molar-refractivity contribution is 0.906. The van der Waals surface area contributed by atoms with Crippen molar-refractivity contribution in [2.24, 2.45) is 0 Å². The van der Waals surface area contributed by atoms with Gasteiger partial charge in [-0.05, 0) is 11.1 Å². The van der Waals surface area contributed by atoms with E-state index in [0.29, 0.717) is 11.1 Å². The second-order valence-corrected chi connectivity index (χ2v) is 9.88. The molecule has 0 saturated carbocycles. The highest BCUT2D eigenvalue weighted by atomic mass is 28.3. The van der Waals surface area contributed by atoms with Crippen LogP contribution >= 0.6 is 0 Å². The molecule has 0 N–H and O–H groups in total. The molecule has 14 heavy (non-hydrogen) atoms. The van der Waals surface area contributed by atoms with Gasteiger partial charge in [0.1, 0.15) is 0 Å². The topological polar surface area (TPSA) is 0 Å². The number of hydrogen-bond donors (Lipinski definition) is 0. The van der Waals surface area contributed by atoms with E-state index in [1.807, 2.05) is 0 Å². The molecule has 0 radical (unpaired) electrons. The summed E-state index contributed by atoms with van der Waals surface area (Å²) in [6, 6.07) is 2.76. The molecule has 0 fully saturated rings. The zero-order valence-corrected chi connectivity index (χ0v) is 11.3. The van der Waals surface area contributed by atoms with Gasteiger partial charge in [-0.3, -0.25) is 0 Å². The van der Waals surface area contributed by atoms with Gasteiger partial charge in [-0.2, -0.15) is 0 Å². The molecule has 0 aliphatic rings. The van der Waals surface area contributed by atoms with E-state index in [-0.39, 0.29) is 0 Å². The average Bonchev–Trinajstić information content (AvgIpc) is 2.23. The third kappa shape index (κ3) is 2.60. The molecule has 1 heteroatoms. The van der Waals surface area contributed by atoms with Gasteiger partial charge in [-0.15, -0.1) is 13.2 Å². The maximum absolute atomic E-state index is 3.97. The lowest BCUT2D eigenvalue weighted by Gasteiger charge is -2.39. The minimum atomic E-state index is -1.21. The van der Waals surface area contributed by atoms with Crippen LogP contribution in [-0.4, -0.2) is 8.07 Å². The summed E-state index contributed by atoms with van der Waals surface area (Å²) in [4.78, 5) is 0. The zero-order chi connectivity index (χ0) is 11.2. The first-order chi connectivity index (χ1) is 6.58. The lowest BCUT2D eigenvalue weighted by Crippen LogP contribution is -2.40. The summed E-state index contributed by atoms with van der Waals surface area (Å²) >= 11 is 0. The molecule has 2 atom stereocenters. The van der Waals surface area contributed by atoms with E-state index < -0.39 is 8.07 Å². The molecular formula is C13H26Si. The molecule has 0 rings (SSSR count). The molecule has 0 aliphatic heterocycles. The van der Waals surface area contributed by atoms with Gasteiger partial charge in [0.2, 0.25) is 0 Å². The van der Waals surface area contributed by atoms with Crippen molar-refractivity contribution in [3.05, 3.63) is 25.3 Å². The maximum atomic E-state index is 3.97. The summed E-state index contributed by atoms with van der Waals surface area (Å²) in [5, 5.41) is 0. The molecule has 0 nitrogen and oxygen atoms in total. The van der Waals surface area contributed by atoms with Crippen molar-refractivity contribution in [2.45, 2.75) is 57.3 Å². The van der Waals surface area contributed by atoms with Crippen LogP contribution in [0.1, 0.15) is 34.1 Å². The second-order valence-electron chi connectivity index (χ2n) is 4.39.